The predicted molar refractivity (Wildman–Crippen MR) is 25.2 cm³/mol. The first-order chi connectivity index (χ1) is 3.27. The summed E-state index contributed by atoms with van der Waals surface area (Å²) in [6.45, 7) is 0. The van der Waals surface area contributed by atoms with Crippen molar-refractivity contribution in [1.29, 1.82) is 5.26 Å². The molecule has 0 aromatic heterocycles. The highest BCUT2D eigenvalue weighted by Gasteiger charge is 2.02. The third-order valence-electron chi connectivity index (χ3n) is 0.514. The Morgan fingerprint density at radius 3 is 2.29 bits per heavy atom. The van der Waals surface area contributed by atoms with E-state index in [1.54, 1.807) is 6.07 Å². The average molecular weight is 98.9 g/mol. The van der Waals surface area contributed by atoms with Gasteiger partial charge in [0.25, 0.3) is 0 Å². The molecule has 0 atom stereocenters. The molecule has 0 bridgehead atoms. The van der Waals surface area contributed by atoms with Gasteiger partial charge in [-0.2, -0.15) is 5.26 Å². The molecule has 0 amide bonds. The molecule has 0 aliphatic carbocycles. The Morgan fingerprint density at radius 1 is 1.57 bits per heavy atom. The Kier molecular flexibility index (Phi) is 3.38. The minimum Gasteiger partial charge on any atom is -0.427 e. The van der Waals surface area contributed by atoms with E-state index in [2.05, 4.69) is 0 Å². The van der Waals surface area contributed by atoms with Crippen LogP contribution in [-0.2, 0) is 0 Å². The maximum atomic E-state index is 8.09. The van der Waals surface area contributed by atoms with Crippen molar-refractivity contribution in [3.63, 3.8) is 0 Å². The second kappa shape index (κ2) is 3.66. The molecule has 0 heterocycles. The number of hydrogen-bond donors (Lipinski definition) is 2. The highest BCUT2D eigenvalue weighted by molar-refractivity contribution is 6.40. The Hall–Kier alpha value is -0.525. The van der Waals surface area contributed by atoms with Gasteiger partial charge in [-0.1, -0.05) is 0 Å². The minimum atomic E-state index is -1.32. The molecular weight excluding hydrogens is 92.8 g/mol. The van der Waals surface area contributed by atoms with E-state index >= 15 is 0 Å². The largest absolute Gasteiger partial charge is 0.452 e. The molecule has 0 fully saturated rings. The second-order valence-electron chi connectivity index (χ2n) is 1.18. The molecule has 2 N–H and O–H groups in total. The van der Waals surface area contributed by atoms with Crippen LogP contribution in [0.15, 0.2) is 0 Å². The van der Waals surface area contributed by atoms with Crippen molar-refractivity contribution in [3.05, 3.63) is 0 Å². The van der Waals surface area contributed by atoms with Crippen LogP contribution in [0.3, 0.4) is 0 Å². The molecule has 4 heteroatoms. The van der Waals surface area contributed by atoms with Gasteiger partial charge < -0.3 is 10.0 Å². The molecule has 0 spiro atoms. The van der Waals surface area contributed by atoms with Gasteiger partial charge in [-0.3, -0.25) is 0 Å². The fourth-order valence-electron chi connectivity index (χ4n) is 0.194. The van der Waals surface area contributed by atoms with E-state index in [1.807, 2.05) is 0 Å². The molecular formula is C3H6BNO2. The van der Waals surface area contributed by atoms with Crippen molar-refractivity contribution in [2.24, 2.45) is 0 Å². The Labute approximate surface area is 42.3 Å². The first-order valence-corrected chi connectivity index (χ1v) is 2.00. The topological polar surface area (TPSA) is 64.2 Å². The highest BCUT2D eigenvalue weighted by atomic mass is 16.4. The smallest absolute Gasteiger partial charge is 0.427 e. The van der Waals surface area contributed by atoms with Gasteiger partial charge in [-0.15, -0.1) is 0 Å². The van der Waals surface area contributed by atoms with Crippen LogP contribution in [0.4, 0.5) is 0 Å². The Morgan fingerprint density at radius 2 is 2.14 bits per heavy atom. The van der Waals surface area contributed by atoms with Gasteiger partial charge in [0, 0.05) is 6.42 Å². The summed E-state index contributed by atoms with van der Waals surface area (Å²) < 4.78 is 0. The second-order valence-corrected chi connectivity index (χ2v) is 1.18. The molecule has 0 aliphatic heterocycles. The lowest BCUT2D eigenvalue weighted by Gasteiger charge is -1.86. The van der Waals surface area contributed by atoms with Crippen molar-refractivity contribution in [2.75, 3.05) is 0 Å². The summed E-state index contributed by atoms with van der Waals surface area (Å²) in [5.74, 6) is 0. The van der Waals surface area contributed by atoms with E-state index in [0.29, 0.717) is 0 Å². The summed E-state index contributed by atoms with van der Waals surface area (Å²) in [7, 11) is -1.32. The van der Waals surface area contributed by atoms with E-state index in [0.717, 1.165) is 0 Å². The van der Waals surface area contributed by atoms with Gasteiger partial charge in [0.2, 0.25) is 0 Å². The third kappa shape index (κ3) is 5.47. The monoisotopic (exact) mass is 99.0 g/mol. The molecule has 0 aliphatic rings. The highest BCUT2D eigenvalue weighted by Crippen LogP contribution is 1.87. The molecule has 0 radical (unpaired) electrons. The lowest BCUT2D eigenvalue weighted by Crippen LogP contribution is -2.08. The number of hydrogen-bond acceptors (Lipinski definition) is 3. The summed E-state index contributed by atoms with van der Waals surface area (Å²) in [6.07, 6.45) is 0.355. The normalized spacial score (nSPS) is 7.57. The lowest BCUT2D eigenvalue weighted by atomic mass is 9.85. The molecule has 0 unspecified atom stereocenters. The summed E-state index contributed by atoms with van der Waals surface area (Å²) in [6, 6.07) is 1.78. The van der Waals surface area contributed by atoms with Gasteiger partial charge in [0.1, 0.15) is 0 Å². The Bertz CT molecular complexity index is 77.5. The van der Waals surface area contributed by atoms with Gasteiger partial charge in [0.05, 0.1) is 6.07 Å². The molecule has 0 saturated heterocycles. The van der Waals surface area contributed by atoms with Gasteiger partial charge in [-0.05, 0) is 6.32 Å². The average Bonchev–Trinajstić information content (AvgIpc) is 1.61. The zero-order valence-corrected chi connectivity index (χ0v) is 3.83. The zero-order chi connectivity index (χ0) is 5.70. The quantitative estimate of drug-likeness (QED) is 0.453. The number of nitriles is 1. The van der Waals surface area contributed by atoms with Crippen molar-refractivity contribution in [1.82, 2.24) is 0 Å². The van der Waals surface area contributed by atoms with Crippen LogP contribution >= 0.6 is 0 Å². The molecule has 3 nitrogen and oxygen atoms in total. The Balaban J connectivity index is 2.86. The van der Waals surface area contributed by atoms with Crippen molar-refractivity contribution in [2.45, 2.75) is 12.7 Å². The fraction of sp³-hybridized carbons (Fsp3) is 0.667. The van der Waals surface area contributed by atoms with Crippen LogP contribution in [0.25, 0.3) is 0 Å². The number of nitrogens with zero attached hydrogens (tertiary/aromatic N) is 1. The van der Waals surface area contributed by atoms with Gasteiger partial charge in [-0.25, -0.2) is 0 Å². The fourth-order valence-corrected chi connectivity index (χ4v) is 0.194. The molecule has 0 saturated carbocycles. The van der Waals surface area contributed by atoms with Gasteiger partial charge in [0.15, 0.2) is 0 Å². The first-order valence-electron chi connectivity index (χ1n) is 2.00. The van der Waals surface area contributed by atoms with E-state index in [9.17, 15) is 0 Å². The summed E-state index contributed by atoms with van der Waals surface area (Å²) >= 11 is 0. The SMILES string of the molecule is N#CCCB(O)O. The van der Waals surface area contributed by atoms with Crippen LogP contribution in [0.1, 0.15) is 6.42 Å². The van der Waals surface area contributed by atoms with Crippen LogP contribution in [0, 0.1) is 11.3 Å². The van der Waals surface area contributed by atoms with Gasteiger partial charge >= 0.3 is 7.12 Å². The van der Waals surface area contributed by atoms with Crippen LogP contribution in [-0.4, -0.2) is 17.2 Å². The third-order valence-corrected chi connectivity index (χ3v) is 0.514. The molecule has 0 aromatic carbocycles. The summed E-state index contributed by atoms with van der Waals surface area (Å²) in [5, 5.41) is 24.0. The maximum absolute atomic E-state index is 8.09. The van der Waals surface area contributed by atoms with Crippen molar-refractivity contribution >= 4 is 7.12 Å². The number of rotatable bonds is 2. The molecule has 38 valence electrons. The minimum absolute atomic E-state index is 0.149. The van der Waals surface area contributed by atoms with E-state index < -0.39 is 7.12 Å². The standard InChI is InChI=1S/C3H6BNO2/c5-3-1-2-4(6)7/h6-7H,1-2H2. The summed E-state index contributed by atoms with van der Waals surface area (Å²) in [4.78, 5) is 0. The molecule has 0 aromatic rings. The predicted octanol–water partition coefficient (Wildman–Crippen LogP) is -0.627. The van der Waals surface area contributed by atoms with Crippen molar-refractivity contribution in [3.8, 4) is 6.07 Å². The zero-order valence-electron chi connectivity index (χ0n) is 3.83. The molecule has 0 rings (SSSR count). The lowest BCUT2D eigenvalue weighted by molar-refractivity contribution is 0.406. The van der Waals surface area contributed by atoms with E-state index in [4.69, 9.17) is 15.3 Å². The van der Waals surface area contributed by atoms with E-state index in [-0.39, 0.29) is 12.7 Å². The first kappa shape index (κ1) is 6.47. The van der Waals surface area contributed by atoms with Crippen LogP contribution < -0.4 is 0 Å². The van der Waals surface area contributed by atoms with Crippen LogP contribution in [0.5, 0.6) is 0 Å². The maximum Gasteiger partial charge on any atom is 0.452 e. The molecule has 7 heavy (non-hydrogen) atoms. The van der Waals surface area contributed by atoms with Crippen molar-refractivity contribution < 1.29 is 10.0 Å². The van der Waals surface area contributed by atoms with Crippen LogP contribution in [0.2, 0.25) is 6.32 Å². The summed E-state index contributed by atoms with van der Waals surface area (Å²) in [5.41, 5.74) is 0. The van der Waals surface area contributed by atoms with E-state index in [1.165, 1.54) is 0 Å².